The first-order valence-corrected chi connectivity index (χ1v) is 10.7. The Balaban J connectivity index is 1.57. The third-order valence-electron chi connectivity index (χ3n) is 4.50. The summed E-state index contributed by atoms with van der Waals surface area (Å²) in [5, 5.41) is 7.14. The summed E-state index contributed by atoms with van der Waals surface area (Å²) < 4.78 is 30.6. The lowest BCUT2D eigenvalue weighted by molar-refractivity contribution is -0.116. The molecule has 0 bridgehead atoms. The highest BCUT2D eigenvalue weighted by Gasteiger charge is 2.31. The number of carbonyl (C=O) groups excluding carboxylic acids is 1. The van der Waals surface area contributed by atoms with Gasteiger partial charge in [-0.25, -0.2) is 8.42 Å². The van der Waals surface area contributed by atoms with Crippen LogP contribution >= 0.6 is 11.6 Å². The number of aromatic nitrogens is 2. The van der Waals surface area contributed by atoms with Gasteiger partial charge in [0.05, 0.1) is 10.6 Å². The van der Waals surface area contributed by atoms with Crippen LogP contribution in [0.2, 0.25) is 5.02 Å². The highest BCUT2D eigenvalue weighted by molar-refractivity contribution is 7.91. The summed E-state index contributed by atoms with van der Waals surface area (Å²) in [7, 11) is -4.09. The second-order valence-corrected chi connectivity index (χ2v) is 8.66. The minimum Gasteiger partial charge on any atom is -0.408 e. The lowest BCUT2D eigenvalue weighted by Crippen LogP contribution is -2.39. The third-order valence-corrected chi connectivity index (χ3v) is 6.16. The maximum absolute atomic E-state index is 12.7. The van der Waals surface area contributed by atoms with E-state index < -0.39 is 26.7 Å². The van der Waals surface area contributed by atoms with E-state index >= 15 is 0 Å². The van der Waals surface area contributed by atoms with Gasteiger partial charge in [-0.15, -0.1) is 5.10 Å². The first-order valence-electron chi connectivity index (χ1n) is 8.65. The minimum atomic E-state index is -4.09. The highest BCUT2D eigenvalue weighted by Crippen LogP contribution is 2.29. The van der Waals surface area contributed by atoms with Crippen LogP contribution in [0.3, 0.4) is 0 Å². The molecule has 1 aliphatic heterocycles. The number of benzene rings is 2. The lowest BCUT2D eigenvalue weighted by atomic mass is 10.0. The van der Waals surface area contributed by atoms with E-state index in [0.29, 0.717) is 17.1 Å². The van der Waals surface area contributed by atoms with Gasteiger partial charge in [0.2, 0.25) is 21.6 Å². The van der Waals surface area contributed by atoms with Crippen LogP contribution in [-0.2, 0) is 21.1 Å². The van der Waals surface area contributed by atoms with Gasteiger partial charge in [0.15, 0.2) is 0 Å². The average Bonchev–Trinajstić information content (AvgIpc) is 3.18. The number of aryl methyl sites for hydroxylation is 1. The predicted octanol–water partition coefficient (Wildman–Crippen LogP) is 3.14. The van der Waals surface area contributed by atoms with Crippen LogP contribution in [-0.4, -0.2) is 36.8 Å². The van der Waals surface area contributed by atoms with Crippen molar-refractivity contribution in [3.63, 3.8) is 0 Å². The Morgan fingerprint density at radius 1 is 1.11 bits per heavy atom. The molecule has 2 heterocycles. The van der Waals surface area contributed by atoms with Gasteiger partial charge < -0.3 is 9.32 Å². The van der Waals surface area contributed by atoms with Crippen molar-refractivity contribution in [2.45, 2.75) is 18.1 Å². The summed E-state index contributed by atoms with van der Waals surface area (Å²) in [5.74, 6) is -1.28. The summed E-state index contributed by atoms with van der Waals surface area (Å²) >= 11 is 6.08. The van der Waals surface area contributed by atoms with E-state index in [0.717, 1.165) is 24.1 Å². The number of hydrogen-bond donors (Lipinski definition) is 0. The van der Waals surface area contributed by atoms with Crippen molar-refractivity contribution < 1.29 is 17.6 Å². The van der Waals surface area contributed by atoms with Crippen LogP contribution in [0.4, 0.5) is 5.69 Å². The maximum Gasteiger partial charge on any atom is 0.336 e. The Morgan fingerprint density at radius 2 is 1.86 bits per heavy atom. The van der Waals surface area contributed by atoms with Gasteiger partial charge in [0.1, 0.15) is 5.75 Å². The molecule has 7 nitrogen and oxygen atoms in total. The minimum absolute atomic E-state index is 0.0139. The van der Waals surface area contributed by atoms with Crippen LogP contribution in [0.25, 0.3) is 11.5 Å². The number of rotatable bonds is 4. The number of nitrogens with zero attached hydrogens (tertiary/aromatic N) is 3. The Hall–Kier alpha value is -2.71. The largest absolute Gasteiger partial charge is 0.408 e. The van der Waals surface area contributed by atoms with Crippen LogP contribution in [0.15, 0.2) is 58.2 Å². The predicted molar refractivity (Wildman–Crippen MR) is 104 cm³/mol. The molecule has 1 amide bonds. The molecule has 0 atom stereocenters. The molecule has 3 aromatic rings. The number of amides is 1. The van der Waals surface area contributed by atoms with Gasteiger partial charge in [-0.3, -0.25) is 4.79 Å². The Kier molecular flexibility index (Phi) is 4.91. The summed E-state index contributed by atoms with van der Waals surface area (Å²) in [6.45, 7) is 0.472. The van der Waals surface area contributed by atoms with Gasteiger partial charge >= 0.3 is 5.22 Å². The van der Waals surface area contributed by atoms with Gasteiger partial charge in [0.25, 0.3) is 0 Å². The fraction of sp³-hybridized carbons (Fsp3) is 0.211. The number of para-hydroxylation sites is 1. The maximum atomic E-state index is 12.7. The lowest BCUT2D eigenvalue weighted by Gasteiger charge is -2.29. The van der Waals surface area contributed by atoms with Crippen molar-refractivity contribution in [2.75, 3.05) is 17.2 Å². The Bertz CT molecular complexity index is 1140. The summed E-state index contributed by atoms with van der Waals surface area (Å²) in [6, 6.07) is 14.2. The van der Waals surface area contributed by atoms with Crippen molar-refractivity contribution in [3.05, 3.63) is 59.1 Å². The first-order chi connectivity index (χ1) is 13.5. The molecular formula is C19H16ClN3O4S. The molecule has 2 aromatic carbocycles. The molecule has 144 valence electrons. The molecule has 0 unspecified atom stereocenters. The quantitative estimate of drug-likeness (QED) is 0.647. The number of hydrogen-bond acceptors (Lipinski definition) is 6. The summed E-state index contributed by atoms with van der Waals surface area (Å²) in [4.78, 5) is 14.2. The third kappa shape index (κ3) is 3.53. The zero-order chi connectivity index (χ0) is 19.7. The van der Waals surface area contributed by atoms with Gasteiger partial charge in [0, 0.05) is 12.2 Å². The molecule has 9 heteroatoms. The number of halogens is 1. The van der Waals surface area contributed by atoms with E-state index in [1.807, 2.05) is 24.3 Å². The second kappa shape index (κ2) is 7.37. The molecule has 4 rings (SSSR count). The second-order valence-electron chi connectivity index (χ2n) is 6.39. The number of sulfone groups is 1. The zero-order valence-electron chi connectivity index (χ0n) is 14.7. The molecule has 0 fully saturated rings. The van der Waals surface area contributed by atoms with E-state index in [4.69, 9.17) is 16.0 Å². The smallest absolute Gasteiger partial charge is 0.336 e. The van der Waals surface area contributed by atoms with Crippen molar-refractivity contribution in [1.29, 1.82) is 0 Å². The Morgan fingerprint density at radius 3 is 2.68 bits per heavy atom. The fourth-order valence-electron chi connectivity index (χ4n) is 3.17. The number of carbonyl (C=O) groups is 1. The fourth-order valence-corrected chi connectivity index (χ4v) is 4.37. The SMILES string of the molecule is O=C(CS(=O)(=O)c1nnc(-c2ccccc2Cl)o1)N1CCCc2ccccc21. The van der Waals surface area contributed by atoms with E-state index in [9.17, 15) is 13.2 Å². The van der Waals surface area contributed by atoms with Crippen molar-refractivity contribution in [2.24, 2.45) is 0 Å². The van der Waals surface area contributed by atoms with Gasteiger partial charge in [-0.05, 0) is 36.6 Å². The molecule has 0 aliphatic carbocycles. The molecule has 28 heavy (non-hydrogen) atoms. The van der Waals surface area contributed by atoms with E-state index in [1.54, 1.807) is 24.3 Å². The van der Waals surface area contributed by atoms with Crippen molar-refractivity contribution >= 4 is 33.0 Å². The van der Waals surface area contributed by atoms with Gasteiger partial charge in [-0.1, -0.05) is 47.0 Å². The molecule has 1 aromatic heterocycles. The summed E-state index contributed by atoms with van der Waals surface area (Å²) in [5.41, 5.74) is 2.20. The topological polar surface area (TPSA) is 93.4 Å². The molecule has 0 saturated heterocycles. The molecule has 0 N–H and O–H groups in total. The molecule has 0 saturated carbocycles. The van der Waals surface area contributed by atoms with Crippen molar-refractivity contribution in [3.8, 4) is 11.5 Å². The van der Waals surface area contributed by atoms with Crippen LogP contribution in [0.1, 0.15) is 12.0 Å². The van der Waals surface area contributed by atoms with Crippen LogP contribution in [0.5, 0.6) is 0 Å². The molecule has 0 radical (unpaired) electrons. The van der Waals surface area contributed by atoms with Crippen molar-refractivity contribution in [1.82, 2.24) is 10.2 Å². The van der Waals surface area contributed by atoms with Gasteiger partial charge in [-0.2, -0.15) is 0 Å². The average molecular weight is 418 g/mol. The molecule has 1 aliphatic rings. The van der Waals surface area contributed by atoms with Crippen LogP contribution < -0.4 is 4.90 Å². The van der Waals surface area contributed by atoms with Crippen LogP contribution in [0, 0.1) is 0 Å². The summed E-state index contributed by atoms with van der Waals surface area (Å²) in [6.07, 6.45) is 1.64. The highest BCUT2D eigenvalue weighted by atomic mass is 35.5. The first kappa shape index (κ1) is 18.6. The normalized spacial score (nSPS) is 14.0. The van der Waals surface area contributed by atoms with E-state index in [1.165, 1.54) is 4.90 Å². The molecular weight excluding hydrogens is 402 g/mol. The van der Waals surface area contributed by atoms with E-state index in [2.05, 4.69) is 10.2 Å². The Labute approximate surface area is 166 Å². The van der Waals surface area contributed by atoms with E-state index in [-0.39, 0.29) is 5.89 Å². The molecule has 0 spiro atoms. The number of fused-ring (bicyclic) bond motifs is 1. The number of anilines is 1. The monoisotopic (exact) mass is 417 g/mol. The zero-order valence-corrected chi connectivity index (χ0v) is 16.3. The standard InChI is InChI=1S/C19H16ClN3O4S/c20-15-9-3-2-8-14(15)18-21-22-19(27-18)28(25,26)12-17(24)23-11-5-7-13-6-1-4-10-16(13)23/h1-4,6,8-10H,5,7,11-12H2.